The highest BCUT2D eigenvalue weighted by Gasteiger charge is 2.22. The molecule has 13 nitrogen and oxygen atoms in total. The molecule has 0 spiro atoms. The molecule has 11 N–H and O–H groups in total. The van der Waals surface area contributed by atoms with Crippen LogP contribution in [0.25, 0.3) is 0 Å². The summed E-state index contributed by atoms with van der Waals surface area (Å²) in [7, 11) is 0. The van der Waals surface area contributed by atoms with E-state index in [-0.39, 0.29) is 38.8 Å². The quantitative estimate of drug-likeness (QED) is 0.168. The Hall–Kier alpha value is -4.49. The fraction of sp³-hybridized carbons (Fsp3) is 0.393. The minimum atomic E-state index is -0.303. The van der Waals surface area contributed by atoms with Crippen molar-refractivity contribution in [1.82, 2.24) is 37.5 Å². The van der Waals surface area contributed by atoms with Crippen molar-refractivity contribution in [2.24, 2.45) is 0 Å². The number of carbonyl (C=O) groups is 2. The molecule has 3 amide bonds. The second kappa shape index (κ2) is 14.2. The van der Waals surface area contributed by atoms with Gasteiger partial charge in [0.15, 0.2) is 0 Å². The lowest BCUT2D eigenvalue weighted by Gasteiger charge is -2.21. The number of anilines is 4. The minimum absolute atomic E-state index is 0. The van der Waals surface area contributed by atoms with E-state index < -0.39 is 0 Å². The average Bonchev–Trinajstić information content (AvgIpc) is 3.35. The van der Waals surface area contributed by atoms with E-state index in [2.05, 4.69) is 26.3 Å². The molecule has 3 aromatic rings. The molecule has 2 heterocycles. The van der Waals surface area contributed by atoms with Crippen LogP contribution >= 0.6 is 0 Å². The smallest absolute Gasteiger partial charge is 0.317 e. The number of hydrogen-bond acceptors (Lipinski definition) is 10. The lowest BCUT2D eigenvalue weighted by molar-refractivity contribution is 0.102. The molecular formula is C28H44N10O3. The highest BCUT2D eigenvalue weighted by Crippen LogP contribution is 2.32. The molecule has 1 aromatic heterocycles. The maximum atomic E-state index is 12.6. The molecule has 0 radical (unpaired) electrons. The van der Waals surface area contributed by atoms with Crippen LogP contribution in [0.1, 0.15) is 62.6 Å². The lowest BCUT2D eigenvalue weighted by atomic mass is 9.89. The maximum absolute atomic E-state index is 12.6. The lowest BCUT2D eigenvalue weighted by Crippen LogP contribution is -2.32. The standard InChI is InChI=1S/C28H34N8O3.2H3N.2H2/c1-18-7-9-20(10-8-18)25(38)32-22-12-11-21(17-23(22)37)31-27-34-24(19-5-3-2-4-6-19)33-26(35-27)29-13-15-36-16-14-30-28(36)39;;;;/h7-12,17,19,37H,2-6,13-16H2,1H3,(H,30,39)(H,32,38)(H2,29,31,33,34,35);2*1H3;2*1H. The Morgan fingerprint density at radius 2 is 1.78 bits per heavy atom. The van der Waals surface area contributed by atoms with Gasteiger partial charge in [0, 0.05) is 52.3 Å². The number of phenols is 1. The summed E-state index contributed by atoms with van der Waals surface area (Å²) < 4.78 is 0. The van der Waals surface area contributed by atoms with Crippen molar-refractivity contribution in [3.63, 3.8) is 0 Å². The van der Waals surface area contributed by atoms with E-state index in [0.717, 1.165) is 37.1 Å². The average molecular weight is 569 g/mol. The zero-order valence-electron chi connectivity index (χ0n) is 23.4. The summed E-state index contributed by atoms with van der Waals surface area (Å²) in [4.78, 5) is 40.1. The van der Waals surface area contributed by atoms with Crippen LogP contribution in [0.3, 0.4) is 0 Å². The molecule has 13 heteroatoms. The molecule has 1 aliphatic carbocycles. The normalized spacial score (nSPS) is 14.9. The number of phenolic OH excluding ortho intramolecular Hbond substituents is 1. The largest absolute Gasteiger partial charge is 0.506 e. The van der Waals surface area contributed by atoms with Crippen LogP contribution in [0.4, 0.5) is 28.1 Å². The summed E-state index contributed by atoms with van der Waals surface area (Å²) in [5.41, 5.74) is 2.44. The molecule has 0 bridgehead atoms. The van der Waals surface area contributed by atoms with Crippen LogP contribution in [0, 0.1) is 6.92 Å². The summed E-state index contributed by atoms with van der Waals surface area (Å²) >= 11 is 0. The monoisotopic (exact) mass is 568 g/mol. The van der Waals surface area contributed by atoms with Gasteiger partial charge >= 0.3 is 6.03 Å². The Kier molecular flexibility index (Phi) is 10.8. The highest BCUT2D eigenvalue weighted by atomic mass is 16.3. The van der Waals surface area contributed by atoms with Gasteiger partial charge in [0.05, 0.1) is 5.69 Å². The topological polar surface area (TPSA) is 214 Å². The van der Waals surface area contributed by atoms with Crippen molar-refractivity contribution in [1.29, 1.82) is 0 Å². The van der Waals surface area contributed by atoms with Crippen molar-refractivity contribution in [2.75, 3.05) is 42.1 Å². The van der Waals surface area contributed by atoms with Gasteiger partial charge in [0.1, 0.15) is 11.6 Å². The second-order valence-electron chi connectivity index (χ2n) is 10.00. The van der Waals surface area contributed by atoms with Crippen molar-refractivity contribution in [2.45, 2.75) is 44.9 Å². The molecule has 2 fully saturated rings. The first-order valence-corrected chi connectivity index (χ1v) is 13.5. The molecule has 2 aromatic carbocycles. The van der Waals surface area contributed by atoms with Gasteiger partial charge in [-0.15, -0.1) is 0 Å². The van der Waals surface area contributed by atoms with E-state index in [1.165, 1.54) is 12.5 Å². The zero-order valence-corrected chi connectivity index (χ0v) is 23.4. The fourth-order valence-electron chi connectivity index (χ4n) is 4.84. The number of benzene rings is 2. The van der Waals surface area contributed by atoms with Crippen LogP contribution in [0.2, 0.25) is 0 Å². The Bertz CT molecular complexity index is 1340. The van der Waals surface area contributed by atoms with Gasteiger partial charge < -0.3 is 43.6 Å². The molecule has 1 aliphatic heterocycles. The first-order valence-electron chi connectivity index (χ1n) is 13.5. The molecule has 2 aliphatic rings. The van der Waals surface area contributed by atoms with Gasteiger partial charge in [-0.2, -0.15) is 15.0 Å². The molecule has 224 valence electrons. The number of amides is 3. The third kappa shape index (κ3) is 8.02. The van der Waals surface area contributed by atoms with Crippen LogP contribution in [0.15, 0.2) is 42.5 Å². The summed E-state index contributed by atoms with van der Waals surface area (Å²) in [6, 6.07) is 12.1. The van der Waals surface area contributed by atoms with Crippen molar-refractivity contribution in [3.05, 3.63) is 59.4 Å². The molecule has 0 atom stereocenters. The van der Waals surface area contributed by atoms with Crippen molar-refractivity contribution >= 4 is 35.2 Å². The van der Waals surface area contributed by atoms with E-state index in [0.29, 0.717) is 55.0 Å². The third-order valence-corrected chi connectivity index (χ3v) is 7.05. The highest BCUT2D eigenvalue weighted by molar-refractivity contribution is 6.05. The first kappa shape index (κ1) is 31.0. The Morgan fingerprint density at radius 3 is 2.46 bits per heavy atom. The minimum Gasteiger partial charge on any atom is -0.506 e. The maximum Gasteiger partial charge on any atom is 0.317 e. The number of aromatic hydroxyl groups is 1. The summed E-state index contributed by atoms with van der Waals surface area (Å²) in [6.07, 6.45) is 5.59. The number of carbonyl (C=O) groups excluding carboxylic acids is 2. The summed E-state index contributed by atoms with van der Waals surface area (Å²) in [5, 5.41) is 22.6. The number of aryl methyl sites for hydroxylation is 1. The van der Waals surface area contributed by atoms with Crippen LogP contribution < -0.4 is 33.6 Å². The molecular weight excluding hydrogens is 524 g/mol. The SMILES string of the molecule is Cc1ccc(C(=O)Nc2ccc(Nc3nc(NCCN4CCNC4=O)nc(C4CCCCC4)n3)cc2O)cc1.N.N.[HH].[HH]. The van der Waals surface area contributed by atoms with Crippen LogP contribution in [-0.4, -0.2) is 63.1 Å². The number of nitrogens with zero attached hydrogens (tertiary/aromatic N) is 4. The summed E-state index contributed by atoms with van der Waals surface area (Å²) in [5.74, 6) is 1.42. The molecule has 0 unspecified atom stereocenters. The third-order valence-electron chi connectivity index (χ3n) is 7.05. The van der Waals surface area contributed by atoms with E-state index in [1.807, 2.05) is 19.1 Å². The second-order valence-corrected chi connectivity index (χ2v) is 10.00. The van der Waals surface area contributed by atoms with E-state index in [9.17, 15) is 14.7 Å². The van der Waals surface area contributed by atoms with Gasteiger partial charge in [-0.25, -0.2) is 4.79 Å². The van der Waals surface area contributed by atoms with Gasteiger partial charge in [0.25, 0.3) is 5.91 Å². The zero-order chi connectivity index (χ0) is 27.2. The van der Waals surface area contributed by atoms with Crippen molar-refractivity contribution < 1.29 is 17.5 Å². The van der Waals surface area contributed by atoms with Gasteiger partial charge in [0.2, 0.25) is 11.9 Å². The van der Waals surface area contributed by atoms with E-state index in [1.54, 1.807) is 29.2 Å². The van der Waals surface area contributed by atoms with Gasteiger partial charge in [-0.05, 0) is 44.0 Å². The molecule has 1 saturated carbocycles. The Morgan fingerprint density at radius 1 is 1.05 bits per heavy atom. The molecule has 41 heavy (non-hydrogen) atoms. The summed E-state index contributed by atoms with van der Waals surface area (Å²) in [6.45, 7) is 4.35. The predicted molar refractivity (Wildman–Crippen MR) is 164 cm³/mol. The number of aromatic nitrogens is 3. The number of nitrogens with one attached hydrogen (secondary N) is 4. The van der Waals surface area contributed by atoms with Gasteiger partial charge in [-0.3, -0.25) is 4.79 Å². The van der Waals surface area contributed by atoms with Crippen LogP contribution in [-0.2, 0) is 0 Å². The number of rotatable bonds is 9. The predicted octanol–water partition coefficient (Wildman–Crippen LogP) is 5.18. The van der Waals surface area contributed by atoms with Gasteiger partial charge in [-0.1, -0.05) is 37.0 Å². The number of hydrogen-bond donors (Lipinski definition) is 7. The molecule has 5 rings (SSSR count). The molecule has 1 saturated heterocycles. The first-order chi connectivity index (χ1) is 18.9. The van der Waals surface area contributed by atoms with Crippen molar-refractivity contribution in [3.8, 4) is 5.75 Å². The van der Waals surface area contributed by atoms with E-state index in [4.69, 9.17) is 9.97 Å². The van der Waals surface area contributed by atoms with Crippen LogP contribution in [0.5, 0.6) is 5.75 Å². The Balaban J connectivity index is 0.00000231. The number of urea groups is 1. The Labute approximate surface area is 242 Å². The van der Waals surface area contributed by atoms with E-state index >= 15 is 0 Å². The fourth-order valence-corrected chi connectivity index (χ4v) is 4.84.